The van der Waals surface area contributed by atoms with E-state index in [2.05, 4.69) is 14.9 Å². The van der Waals surface area contributed by atoms with E-state index in [4.69, 9.17) is 0 Å². The van der Waals surface area contributed by atoms with Gasteiger partial charge in [-0.05, 0) is 62.3 Å². The van der Waals surface area contributed by atoms with Crippen LogP contribution in [0.3, 0.4) is 0 Å². The molecule has 0 N–H and O–H groups in total. The third-order valence-corrected chi connectivity index (χ3v) is 7.31. The molecule has 33 heavy (non-hydrogen) atoms. The van der Waals surface area contributed by atoms with Crippen molar-refractivity contribution < 1.29 is 13.2 Å². The molecule has 2 heterocycles. The minimum Gasteiger partial charge on any atom is -0.309 e. The zero-order chi connectivity index (χ0) is 23.4. The van der Waals surface area contributed by atoms with E-state index in [0.29, 0.717) is 24.2 Å². The first-order valence-corrected chi connectivity index (χ1v) is 12.2. The molecule has 0 aliphatic carbocycles. The van der Waals surface area contributed by atoms with Crippen molar-refractivity contribution in [3.05, 3.63) is 90.0 Å². The molecule has 0 saturated heterocycles. The number of hydrogen-bond donors (Lipinski definition) is 0. The topological polar surface area (TPSA) is 84.6 Å². The van der Waals surface area contributed by atoms with E-state index in [0.717, 1.165) is 24.1 Å². The van der Waals surface area contributed by atoms with Crippen molar-refractivity contribution in [1.29, 1.82) is 0 Å². The molecule has 0 amide bonds. The van der Waals surface area contributed by atoms with Crippen LogP contribution >= 0.6 is 0 Å². The minimum absolute atomic E-state index is 0.0239. The van der Waals surface area contributed by atoms with Crippen LogP contribution in [-0.2, 0) is 22.7 Å². The van der Waals surface area contributed by atoms with Gasteiger partial charge >= 0.3 is 0 Å². The molecule has 2 aromatic heterocycles. The number of rotatable bonds is 9. The zero-order valence-electron chi connectivity index (χ0n) is 18.7. The molecule has 4 aromatic rings. The maximum atomic E-state index is 13.0. The van der Waals surface area contributed by atoms with Crippen LogP contribution in [0.4, 0.5) is 0 Å². The Kier molecular flexibility index (Phi) is 6.67. The molecule has 170 valence electrons. The van der Waals surface area contributed by atoms with Crippen molar-refractivity contribution in [3.63, 3.8) is 0 Å². The quantitative estimate of drug-likeness (QED) is 0.354. The van der Waals surface area contributed by atoms with Crippen molar-refractivity contribution in [3.8, 4) is 0 Å². The molecule has 0 aliphatic heterocycles. The summed E-state index contributed by atoms with van der Waals surface area (Å²) in [4.78, 5) is 23.4. The highest BCUT2D eigenvalue weighted by atomic mass is 32.2. The van der Waals surface area contributed by atoms with Crippen LogP contribution in [0.5, 0.6) is 0 Å². The molecule has 2 aromatic carbocycles. The van der Waals surface area contributed by atoms with Crippen molar-refractivity contribution in [2.75, 3.05) is 20.6 Å². The van der Waals surface area contributed by atoms with Crippen LogP contribution in [0.1, 0.15) is 27.9 Å². The van der Waals surface area contributed by atoms with Crippen molar-refractivity contribution in [2.45, 2.75) is 29.1 Å². The lowest BCUT2D eigenvalue weighted by atomic mass is 10.0. The molecule has 0 spiro atoms. The summed E-state index contributed by atoms with van der Waals surface area (Å²) in [5.74, 6) is 0.524. The highest BCUT2D eigenvalue weighted by Gasteiger charge is 2.17. The number of hydrogen-bond acceptors (Lipinski definition) is 6. The number of Topliss-reactive ketones (excluding diaryl/α,β-unsaturated/α-hetero) is 1. The van der Waals surface area contributed by atoms with Gasteiger partial charge in [0, 0.05) is 37.8 Å². The Bertz CT molecular complexity index is 1360. The molecule has 0 fully saturated rings. The Morgan fingerprint density at radius 3 is 2.12 bits per heavy atom. The van der Waals surface area contributed by atoms with Gasteiger partial charge in [0.25, 0.3) is 0 Å². The van der Waals surface area contributed by atoms with E-state index in [1.807, 2.05) is 26.2 Å². The van der Waals surface area contributed by atoms with Gasteiger partial charge in [0.2, 0.25) is 15.6 Å². The van der Waals surface area contributed by atoms with Gasteiger partial charge in [-0.25, -0.2) is 18.4 Å². The number of carbonyl (C=O) groups is 1. The number of aromatic nitrogens is 3. The lowest BCUT2D eigenvalue weighted by Crippen LogP contribution is -2.15. The Hall–Kier alpha value is -3.36. The van der Waals surface area contributed by atoms with Gasteiger partial charge < -0.3 is 4.90 Å². The van der Waals surface area contributed by atoms with Gasteiger partial charge in [-0.2, -0.15) is 0 Å². The molecular weight excluding hydrogens is 436 g/mol. The van der Waals surface area contributed by atoms with Gasteiger partial charge in [-0.1, -0.05) is 24.3 Å². The number of nitrogens with zero attached hydrogens (tertiary/aromatic N) is 4. The Labute approximate surface area is 193 Å². The lowest BCUT2D eigenvalue weighted by molar-refractivity contribution is 0.0982. The molecular formula is C25H26N4O3S. The minimum atomic E-state index is -3.59. The van der Waals surface area contributed by atoms with E-state index in [1.165, 1.54) is 6.20 Å². The molecule has 0 unspecified atom stereocenters. The number of sulfone groups is 1. The van der Waals surface area contributed by atoms with Gasteiger partial charge in [0.1, 0.15) is 0 Å². The fourth-order valence-corrected chi connectivity index (χ4v) is 4.78. The smallest absolute Gasteiger partial charge is 0.233 e. The molecule has 8 heteroatoms. The molecule has 0 bridgehead atoms. The maximum Gasteiger partial charge on any atom is 0.233 e. The normalized spacial score (nSPS) is 11.8. The standard InChI is InChI=1S/C25H26N4O3S/c1-28(2)15-13-20-5-10-23(11-6-20)33(31,32)22-8-3-19(4-9-22)7-12-24(30)21-17-27-25-26-14-16-29(25)18-21/h3-6,8-11,14,16-18H,7,12-13,15H2,1-2H3. The number of benzene rings is 2. The summed E-state index contributed by atoms with van der Waals surface area (Å²) in [5, 5.41) is 0. The third kappa shape index (κ3) is 5.35. The van der Waals surface area contributed by atoms with Crippen molar-refractivity contribution in [2.24, 2.45) is 0 Å². The molecule has 0 atom stereocenters. The monoisotopic (exact) mass is 462 g/mol. The van der Waals surface area contributed by atoms with Gasteiger partial charge in [-0.3, -0.25) is 9.20 Å². The first-order chi connectivity index (χ1) is 15.8. The summed E-state index contributed by atoms with van der Waals surface area (Å²) < 4.78 is 27.7. The van der Waals surface area contributed by atoms with Crippen molar-refractivity contribution in [1.82, 2.24) is 19.3 Å². The highest BCUT2D eigenvalue weighted by Crippen LogP contribution is 2.22. The van der Waals surface area contributed by atoms with E-state index < -0.39 is 9.84 Å². The van der Waals surface area contributed by atoms with Crippen LogP contribution in [0.2, 0.25) is 0 Å². The first-order valence-electron chi connectivity index (χ1n) is 10.7. The van der Waals surface area contributed by atoms with E-state index in [-0.39, 0.29) is 15.6 Å². The van der Waals surface area contributed by atoms with Crippen LogP contribution in [0.15, 0.2) is 83.1 Å². The summed E-state index contributed by atoms with van der Waals surface area (Å²) in [5.41, 5.74) is 2.52. The number of aryl methyl sites for hydroxylation is 1. The second-order valence-corrected chi connectivity index (χ2v) is 10.2. The molecule has 4 rings (SSSR count). The largest absolute Gasteiger partial charge is 0.309 e. The molecule has 0 radical (unpaired) electrons. The zero-order valence-corrected chi connectivity index (χ0v) is 19.5. The Morgan fingerprint density at radius 1 is 0.909 bits per heavy atom. The molecule has 0 aliphatic rings. The fraction of sp³-hybridized carbons (Fsp3) is 0.240. The van der Waals surface area contributed by atoms with Crippen molar-refractivity contribution >= 4 is 21.4 Å². The van der Waals surface area contributed by atoms with E-state index in [1.54, 1.807) is 59.4 Å². The second kappa shape index (κ2) is 9.64. The average molecular weight is 463 g/mol. The van der Waals surface area contributed by atoms with Crippen LogP contribution in [-0.4, -0.2) is 54.1 Å². The third-order valence-electron chi connectivity index (χ3n) is 5.52. The Morgan fingerprint density at radius 2 is 1.52 bits per heavy atom. The van der Waals surface area contributed by atoms with Crippen LogP contribution < -0.4 is 0 Å². The highest BCUT2D eigenvalue weighted by molar-refractivity contribution is 7.91. The van der Waals surface area contributed by atoms with Crippen LogP contribution in [0.25, 0.3) is 5.78 Å². The van der Waals surface area contributed by atoms with E-state index >= 15 is 0 Å². The maximum absolute atomic E-state index is 13.0. The van der Waals surface area contributed by atoms with E-state index in [9.17, 15) is 13.2 Å². The fourth-order valence-electron chi connectivity index (χ4n) is 3.52. The molecule has 0 saturated carbocycles. The number of ketones is 1. The number of imidazole rings is 1. The van der Waals surface area contributed by atoms with Gasteiger partial charge in [-0.15, -0.1) is 0 Å². The summed E-state index contributed by atoms with van der Waals surface area (Å²) in [6.07, 6.45) is 8.32. The number of likely N-dealkylation sites (N-methyl/N-ethyl adjacent to an activating group) is 1. The average Bonchev–Trinajstić information content (AvgIpc) is 3.30. The predicted octanol–water partition coefficient (Wildman–Crippen LogP) is 3.48. The predicted molar refractivity (Wildman–Crippen MR) is 126 cm³/mol. The number of fused-ring (bicyclic) bond motifs is 1. The lowest BCUT2D eigenvalue weighted by Gasteiger charge is -2.10. The Balaban J connectivity index is 1.40. The summed E-state index contributed by atoms with van der Waals surface area (Å²) >= 11 is 0. The number of carbonyl (C=O) groups excluding carboxylic acids is 1. The summed E-state index contributed by atoms with van der Waals surface area (Å²) in [7, 11) is 0.432. The van der Waals surface area contributed by atoms with Crippen LogP contribution in [0, 0.1) is 0 Å². The first kappa shape index (κ1) is 22.8. The molecule has 7 nitrogen and oxygen atoms in total. The SMILES string of the molecule is CN(C)CCc1ccc(S(=O)(=O)c2ccc(CCC(=O)c3cnc4nccn4c3)cc2)cc1. The second-order valence-electron chi connectivity index (χ2n) is 8.24. The summed E-state index contributed by atoms with van der Waals surface area (Å²) in [6, 6.07) is 13.8. The van der Waals surface area contributed by atoms with Gasteiger partial charge in [0.05, 0.1) is 15.4 Å². The van der Waals surface area contributed by atoms with Gasteiger partial charge in [0.15, 0.2) is 5.78 Å². The summed E-state index contributed by atoms with van der Waals surface area (Å²) in [6.45, 7) is 0.907.